The molecule has 1 amide bonds. The summed E-state index contributed by atoms with van der Waals surface area (Å²) < 4.78 is 1.92. The Hall–Kier alpha value is -3.25. The zero-order chi connectivity index (χ0) is 19.0. The van der Waals surface area contributed by atoms with Crippen LogP contribution in [0.5, 0.6) is 0 Å². The minimum atomic E-state index is -0.240. The van der Waals surface area contributed by atoms with E-state index in [4.69, 9.17) is 0 Å². The zero-order valence-electron chi connectivity index (χ0n) is 14.9. The predicted octanol–water partition coefficient (Wildman–Crippen LogP) is 4.76. The topological polar surface area (TPSA) is 64.0 Å². The Morgan fingerprint density at radius 1 is 1.04 bits per heavy atom. The van der Waals surface area contributed by atoms with Crippen molar-refractivity contribution in [1.82, 2.24) is 9.55 Å². The normalized spacial score (nSPS) is 10.9. The van der Waals surface area contributed by atoms with E-state index < -0.39 is 0 Å². The van der Waals surface area contributed by atoms with Crippen molar-refractivity contribution in [2.75, 3.05) is 5.32 Å². The summed E-state index contributed by atoms with van der Waals surface area (Å²) in [5.41, 5.74) is 3.01. The molecule has 0 spiro atoms. The molecule has 0 unspecified atom stereocenters. The minimum absolute atomic E-state index is 0.0722. The fourth-order valence-electron chi connectivity index (χ4n) is 3.09. The van der Waals surface area contributed by atoms with E-state index in [0.29, 0.717) is 21.3 Å². The first-order valence-corrected chi connectivity index (χ1v) is 9.29. The number of para-hydroxylation sites is 1. The van der Waals surface area contributed by atoms with Crippen LogP contribution in [-0.4, -0.2) is 21.2 Å². The molecular formula is C21H17N3O2S. The van der Waals surface area contributed by atoms with E-state index in [1.807, 2.05) is 66.2 Å². The highest BCUT2D eigenvalue weighted by Gasteiger charge is 2.20. The molecule has 0 radical (unpaired) electrons. The van der Waals surface area contributed by atoms with E-state index in [-0.39, 0.29) is 11.7 Å². The molecule has 0 saturated heterocycles. The third-order valence-corrected chi connectivity index (χ3v) is 5.43. The number of Topliss-reactive ketones (excluding diaryl/α,β-unsaturated/α-hetero) is 1. The number of amides is 1. The van der Waals surface area contributed by atoms with E-state index in [2.05, 4.69) is 10.3 Å². The summed E-state index contributed by atoms with van der Waals surface area (Å²) >= 11 is 1.20. The smallest absolute Gasteiger partial charge is 0.259 e. The maximum atomic E-state index is 12.8. The number of thiazole rings is 1. The van der Waals surface area contributed by atoms with Gasteiger partial charge >= 0.3 is 0 Å². The van der Waals surface area contributed by atoms with Crippen molar-refractivity contribution < 1.29 is 9.59 Å². The van der Waals surface area contributed by atoms with Crippen LogP contribution in [0.3, 0.4) is 0 Å². The van der Waals surface area contributed by atoms with Crippen molar-refractivity contribution in [3.05, 3.63) is 71.2 Å². The first kappa shape index (κ1) is 17.2. The number of nitrogens with zero attached hydrogens (tertiary/aromatic N) is 2. The number of nitrogens with one attached hydrogen (secondary N) is 1. The molecule has 5 nitrogen and oxygen atoms in total. The van der Waals surface area contributed by atoms with Gasteiger partial charge in [-0.05, 0) is 6.07 Å². The molecule has 6 heteroatoms. The number of ketones is 1. The van der Waals surface area contributed by atoms with Gasteiger partial charge in [-0.2, -0.15) is 0 Å². The second-order valence-electron chi connectivity index (χ2n) is 6.24. The lowest BCUT2D eigenvalue weighted by atomic mass is 10.1. The van der Waals surface area contributed by atoms with Gasteiger partial charge in [0, 0.05) is 36.6 Å². The summed E-state index contributed by atoms with van der Waals surface area (Å²) in [4.78, 5) is 29.9. The highest BCUT2D eigenvalue weighted by Crippen LogP contribution is 2.32. The van der Waals surface area contributed by atoms with Crippen LogP contribution < -0.4 is 5.32 Å². The predicted molar refractivity (Wildman–Crippen MR) is 108 cm³/mol. The van der Waals surface area contributed by atoms with E-state index >= 15 is 0 Å². The summed E-state index contributed by atoms with van der Waals surface area (Å²) in [5.74, 6) is -0.313. The molecule has 1 N–H and O–H groups in total. The van der Waals surface area contributed by atoms with Crippen molar-refractivity contribution in [1.29, 1.82) is 0 Å². The first-order valence-electron chi connectivity index (χ1n) is 8.47. The van der Waals surface area contributed by atoms with Crippen LogP contribution >= 0.6 is 11.3 Å². The number of carbonyl (C=O) groups excluding carboxylic acids is 2. The number of hydrogen-bond donors (Lipinski definition) is 1. The summed E-state index contributed by atoms with van der Waals surface area (Å²) in [7, 11) is 1.91. The molecule has 27 heavy (non-hydrogen) atoms. The lowest BCUT2D eigenvalue weighted by molar-refractivity contribution is 0.101. The molecule has 4 rings (SSSR count). The number of rotatable bonds is 4. The lowest BCUT2D eigenvalue weighted by Gasteiger charge is -2.00. The molecular weight excluding hydrogens is 358 g/mol. The number of aromatic nitrogens is 2. The van der Waals surface area contributed by atoms with Crippen LogP contribution in [0, 0.1) is 0 Å². The minimum Gasteiger partial charge on any atom is -0.350 e. The molecule has 0 bridgehead atoms. The molecule has 0 fully saturated rings. The lowest BCUT2D eigenvalue weighted by Crippen LogP contribution is -2.11. The van der Waals surface area contributed by atoms with Gasteiger partial charge in [0.1, 0.15) is 0 Å². The molecule has 0 aliphatic rings. The third kappa shape index (κ3) is 3.15. The van der Waals surface area contributed by atoms with Gasteiger partial charge < -0.3 is 4.57 Å². The Bertz CT molecular complexity index is 1160. The van der Waals surface area contributed by atoms with E-state index in [9.17, 15) is 9.59 Å². The van der Waals surface area contributed by atoms with Crippen LogP contribution in [0.25, 0.3) is 22.2 Å². The Morgan fingerprint density at radius 3 is 2.48 bits per heavy atom. The summed E-state index contributed by atoms with van der Waals surface area (Å²) in [6.07, 6.45) is 1.80. The fourth-order valence-corrected chi connectivity index (χ4v) is 3.97. The Morgan fingerprint density at radius 2 is 1.74 bits per heavy atom. The number of carbonyl (C=O) groups is 2. The molecule has 2 aromatic carbocycles. The third-order valence-electron chi connectivity index (χ3n) is 4.36. The van der Waals surface area contributed by atoms with Gasteiger partial charge in [0.05, 0.1) is 16.1 Å². The quantitative estimate of drug-likeness (QED) is 0.523. The monoisotopic (exact) mass is 375 g/mol. The maximum absolute atomic E-state index is 12.8. The second kappa shape index (κ2) is 6.81. The van der Waals surface area contributed by atoms with Gasteiger partial charge in [0.25, 0.3) is 5.91 Å². The van der Waals surface area contributed by atoms with E-state index in [1.165, 1.54) is 18.3 Å². The molecule has 0 aliphatic carbocycles. The van der Waals surface area contributed by atoms with Crippen molar-refractivity contribution in [3.8, 4) is 11.3 Å². The summed E-state index contributed by atoms with van der Waals surface area (Å²) in [6.45, 7) is 1.51. The molecule has 4 aromatic rings. The van der Waals surface area contributed by atoms with Gasteiger partial charge in [-0.1, -0.05) is 59.9 Å². The molecule has 0 atom stereocenters. The largest absolute Gasteiger partial charge is 0.350 e. The number of aryl methyl sites for hydroxylation is 1. The standard InChI is InChI=1S/C21H17N3O2S/c1-13(25)19-18(14-8-4-3-5-9-14)22-21(27-19)23-20(26)16-12-24(2)17-11-7-6-10-15(16)17/h3-12H,1-2H3,(H,22,23,26). The average Bonchev–Trinajstić information content (AvgIpc) is 3.25. The van der Waals surface area contributed by atoms with Crippen molar-refractivity contribution in [2.45, 2.75) is 6.92 Å². The number of benzene rings is 2. The van der Waals surface area contributed by atoms with Gasteiger partial charge in [0.2, 0.25) is 0 Å². The van der Waals surface area contributed by atoms with Gasteiger partial charge in [-0.3, -0.25) is 14.9 Å². The number of hydrogen-bond acceptors (Lipinski definition) is 4. The van der Waals surface area contributed by atoms with Crippen molar-refractivity contribution >= 4 is 39.1 Å². The van der Waals surface area contributed by atoms with E-state index in [1.54, 1.807) is 6.20 Å². The highest BCUT2D eigenvalue weighted by molar-refractivity contribution is 7.18. The van der Waals surface area contributed by atoms with Gasteiger partial charge in [-0.15, -0.1) is 0 Å². The Labute approximate surface area is 160 Å². The fraction of sp³-hybridized carbons (Fsp3) is 0.0952. The molecule has 2 heterocycles. The van der Waals surface area contributed by atoms with Crippen LogP contribution in [0.15, 0.2) is 60.8 Å². The number of fused-ring (bicyclic) bond motifs is 1. The molecule has 134 valence electrons. The van der Waals surface area contributed by atoms with Crippen molar-refractivity contribution in [3.63, 3.8) is 0 Å². The van der Waals surface area contributed by atoms with Gasteiger partial charge in [-0.25, -0.2) is 4.98 Å². The summed E-state index contributed by atoms with van der Waals surface area (Å²) in [5, 5.41) is 4.14. The van der Waals surface area contributed by atoms with Crippen LogP contribution in [-0.2, 0) is 7.05 Å². The van der Waals surface area contributed by atoms with Crippen LogP contribution in [0.4, 0.5) is 5.13 Å². The molecule has 2 aromatic heterocycles. The SMILES string of the molecule is CC(=O)c1sc(NC(=O)c2cn(C)c3ccccc23)nc1-c1ccccc1. The maximum Gasteiger partial charge on any atom is 0.259 e. The van der Waals surface area contributed by atoms with Gasteiger partial charge in [0.15, 0.2) is 10.9 Å². The van der Waals surface area contributed by atoms with E-state index in [0.717, 1.165) is 16.5 Å². The average molecular weight is 375 g/mol. The van der Waals surface area contributed by atoms with Crippen LogP contribution in [0.2, 0.25) is 0 Å². The second-order valence-corrected chi connectivity index (χ2v) is 7.24. The summed E-state index contributed by atoms with van der Waals surface area (Å²) in [6, 6.07) is 17.2. The number of anilines is 1. The molecule has 0 aliphatic heterocycles. The van der Waals surface area contributed by atoms with Crippen molar-refractivity contribution in [2.24, 2.45) is 7.05 Å². The highest BCUT2D eigenvalue weighted by atomic mass is 32.1. The van der Waals surface area contributed by atoms with Crippen LogP contribution in [0.1, 0.15) is 27.0 Å². The first-order chi connectivity index (χ1) is 13.0. The Balaban J connectivity index is 1.70. The zero-order valence-corrected chi connectivity index (χ0v) is 15.7. The Kier molecular flexibility index (Phi) is 4.33. The molecule has 0 saturated carbocycles.